The van der Waals surface area contributed by atoms with Gasteiger partial charge in [0, 0.05) is 13.1 Å². The van der Waals surface area contributed by atoms with E-state index >= 15 is 0 Å². The summed E-state index contributed by atoms with van der Waals surface area (Å²) in [5.41, 5.74) is 5.78. The average Bonchev–Trinajstić information content (AvgIpc) is 2.60. The van der Waals surface area contributed by atoms with Crippen LogP contribution in [0.5, 0.6) is 0 Å². The molecule has 1 fully saturated rings. The lowest BCUT2D eigenvalue weighted by Gasteiger charge is -2.27. The quantitative estimate of drug-likeness (QED) is 0.742. The Morgan fingerprint density at radius 2 is 2.00 bits per heavy atom. The maximum atomic E-state index is 12.4. The summed E-state index contributed by atoms with van der Waals surface area (Å²) >= 11 is 0. The van der Waals surface area contributed by atoms with Crippen LogP contribution in [0.1, 0.15) is 39.5 Å². The van der Waals surface area contributed by atoms with E-state index < -0.39 is 12.1 Å². The van der Waals surface area contributed by atoms with Gasteiger partial charge in [-0.15, -0.1) is 0 Å². The highest BCUT2D eigenvalue weighted by Gasteiger charge is 2.25. The number of piperidine rings is 1. The summed E-state index contributed by atoms with van der Waals surface area (Å²) in [6.07, 6.45) is 6.06. The van der Waals surface area contributed by atoms with E-state index in [9.17, 15) is 9.59 Å². The Hall–Kier alpha value is -2.31. The zero-order valence-corrected chi connectivity index (χ0v) is 14.4. The number of anilines is 2. The molecule has 1 aliphatic heterocycles. The molecule has 2 rings (SSSR count). The van der Waals surface area contributed by atoms with E-state index in [1.807, 2.05) is 26.0 Å². The molecule has 2 atom stereocenters. The molecule has 132 valence electrons. The first-order chi connectivity index (χ1) is 11.5. The number of amides is 3. The Morgan fingerprint density at radius 1 is 1.29 bits per heavy atom. The molecule has 0 saturated carbocycles. The molecule has 0 spiro atoms. The SMILES string of the molecule is CC[C@@H](C)[C@H](NC(N)=O)C(=O)Nc1ccc(N2CCCCC2)nc1. The number of pyridine rings is 1. The average molecular weight is 333 g/mol. The zero-order valence-electron chi connectivity index (χ0n) is 14.4. The molecule has 2 heterocycles. The Balaban J connectivity index is 2.00. The maximum Gasteiger partial charge on any atom is 0.312 e. The lowest BCUT2D eigenvalue weighted by molar-refractivity contribution is -0.119. The van der Waals surface area contributed by atoms with Crippen LogP contribution in [-0.2, 0) is 4.79 Å². The van der Waals surface area contributed by atoms with Crippen molar-refractivity contribution in [2.45, 2.75) is 45.6 Å². The molecule has 7 nitrogen and oxygen atoms in total. The minimum Gasteiger partial charge on any atom is -0.357 e. The highest BCUT2D eigenvalue weighted by atomic mass is 16.2. The lowest BCUT2D eigenvalue weighted by atomic mass is 9.98. The number of urea groups is 1. The second kappa shape index (κ2) is 8.52. The smallest absolute Gasteiger partial charge is 0.312 e. The van der Waals surface area contributed by atoms with Crippen LogP contribution in [0.4, 0.5) is 16.3 Å². The van der Waals surface area contributed by atoms with Crippen LogP contribution in [0.2, 0.25) is 0 Å². The number of hydrogen-bond acceptors (Lipinski definition) is 4. The zero-order chi connectivity index (χ0) is 17.5. The van der Waals surface area contributed by atoms with E-state index in [0.29, 0.717) is 5.69 Å². The largest absolute Gasteiger partial charge is 0.357 e. The Kier molecular flexibility index (Phi) is 6.40. The van der Waals surface area contributed by atoms with Crippen LogP contribution in [0.25, 0.3) is 0 Å². The summed E-state index contributed by atoms with van der Waals surface area (Å²) in [4.78, 5) is 30.2. The molecule has 0 aromatic carbocycles. The van der Waals surface area contributed by atoms with Crippen molar-refractivity contribution in [3.05, 3.63) is 18.3 Å². The van der Waals surface area contributed by atoms with Gasteiger partial charge in [-0.1, -0.05) is 20.3 Å². The third-order valence-corrected chi connectivity index (χ3v) is 4.49. The van der Waals surface area contributed by atoms with Gasteiger partial charge >= 0.3 is 6.03 Å². The molecule has 24 heavy (non-hydrogen) atoms. The van der Waals surface area contributed by atoms with Crippen molar-refractivity contribution in [1.29, 1.82) is 0 Å². The Labute approximate surface area is 143 Å². The molecular weight excluding hydrogens is 306 g/mol. The topological polar surface area (TPSA) is 100 Å². The van der Waals surface area contributed by atoms with E-state index in [-0.39, 0.29) is 11.8 Å². The molecular formula is C17H27N5O2. The second-order valence-electron chi connectivity index (χ2n) is 6.31. The first kappa shape index (κ1) is 18.0. The Morgan fingerprint density at radius 3 is 2.54 bits per heavy atom. The van der Waals surface area contributed by atoms with Crippen molar-refractivity contribution in [2.24, 2.45) is 11.7 Å². The number of primary amides is 1. The second-order valence-corrected chi connectivity index (χ2v) is 6.31. The maximum absolute atomic E-state index is 12.4. The van der Waals surface area contributed by atoms with Crippen molar-refractivity contribution in [2.75, 3.05) is 23.3 Å². The van der Waals surface area contributed by atoms with Gasteiger partial charge in [0.05, 0.1) is 11.9 Å². The number of nitrogens with two attached hydrogens (primary N) is 1. The molecule has 0 unspecified atom stereocenters. The number of aromatic nitrogens is 1. The van der Waals surface area contributed by atoms with Gasteiger partial charge in [-0.2, -0.15) is 0 Å². The van der Waals surface area contributed by atoms with Crippen molar-refractivity contribution in [1.82, 2.24) is 10.3 Å². The highest BCUT2D eigenvalue weighted by molar-refractivity contribution is 5.97. The Bertz CT molecular complexity index is 555. The van der Waals surface area contributed by atoms with E-state index in [1.165, 1.54) is 19.3 Å². The third-order valence-electron chi connectivity index (χ3n) is 4.49. The lowest BCUT2D eigenvalue weighted by Crippen LogP contribution is -2.49. The standard InChI is InChI=1S/C17H27N5O2/c1-3-12(2)15(21-17(18)24)16(23)20-13-7-8-14(19-11-13)22-9-5-4-6-10-22/h7-8,11-12,15H,3-6,9-10H2,1-2H3,(H,20,23)(H3,18,21,24)/t12-,15+/m1/s1. The van der Waals surface area contributed by atoms with Gasteiger partial charge in [0.2, 0.25) is 5.91 Å². The van der Waals surface area contributed by atoms with Gasteiger partial charge in [0.15, 0.2) is 0 Å². The van der Waals surface area contributed by atoms with Crippen LogP contribution in [0.3, 0.4) is 0 Å². The van der Waals surface area contributed by atoms with Crippen LogP contribution in [-0.4, -0.2) is 36.1 Å². The fourth-order valence-electron chi connectivity index (χ4n) is 2.85. The van der Waals surface area contributed by atoms with E-state index in [1.54, 1.807) is 6.20 Å². The first-order valence-electron chi connectivity index (χ1n) is 8.59. The molecule has 3 amide bonds. The van der Waals surface area contributed by atoms with Crippen LogP contribution in [0.15, 0.2) is 18.3 Å². The molecule has 0 aliphatic carbocycles. The number of rotatable bonds is 6. The predicted octanol–water partition coefficient (Wildman–Crippen LogP) is 2.09. The van der Waals surface area contributed by atoms with Crippen molar-refractivity contribution < 1.29 is 9.59 Å². The van der Waals surface area contributed by atoms with Crippen molar-refractivity contribution in [3.8, 4) is 0 Å². The van der Waals surface area contributed by atoms with Gasteiger partial charge in [0.25, 0.3) is 0 Å². The van der Waals surface area contributed by atoms with E-state index in [2.05, 4.69) is 20.5 Å². The minimum absolute atomic E-state index is 0.0157. The van der Waals surface area contributed by atoms with Gasteiger partial charge in [-0.3, -0.25) is 4.79 Å². The number of nitrogens with one attached hydrogen (secondary N) is 2. The summed E-state index contributed by atoms with van der Waals surface area (Å²) in [6.45, 7) is 5.91. The fraction of sp³-hybridized carbons (Fsp3) is 0.588. The fourth-order valence-corrected chi connectivity index (χ4v) is 2.85. The van der Waals surface area contributed by atoms with Crippen LogP contribution in [0, 0.1) is 5.92 Å². The number of carbonyl (C=O) groups is 2. The monoisotopic (exact) mass is 333 g/mol. The molecule has 1 saturated heterocycles. The number of hydrogen-bond donors (Lipinski definition) is 3. The van der Waals surface area contributed by atoms with E-state index in [4.69, 9.17) is 5.73 Å². The van der Waals surface area contributed by atoms with Crippen molar-refractivity contribution >= 4 is 23.4 Å². The summed E-state index contributed by atoms with van der Waals surface area (Å²) in [6, 6.07) is 2.40. The normalized spacial score (nSPS) is 17.0. The van der Waals surface area contributed by atoms with E-state index in [0.717, 1.165) is 25.3 Å². The molecule has 1 aliphatic rings. The van der Waals surface area contributed by atoms with Gasteiger partial charge < -0.3 is 21.3 Å². The molecule has 1 aromatic rings. The summed E-state index contributed by atoms with van der Waals surface area (Å²) in [5.74, 6) is 0.634. The predicted molar refractivity (Wildman–Crippen MR) is 94.9 cm³/mol. The van der Waals surface area contributed by atoms with Crippen molar-refractivity contribution in [3.63, 3.8) is 0 Å². The molecule has 7 heteroatoms. The number of carbonyl (C=O) groups excluding carboxylic acids is 2. The van der Waals surface area contributed by atoms with Gasteiger partial charge in [-0.05, 0) is 37.3 Å². The first-order valence-corrected chi connectivity index (χ1v) is 8.59. The summed E-state index contributed by atoms with van der Waals surface area (Å²) in [7, 11) is 0. The molecule has 0 bridgehead atoms. The highest BCUT2D eigenvalue weighted by Crippen LogP contribution is 2.19. The summed E-state index contributed by atoms with van der Waals surface area (Å²) in [5, 5.41) is 5.31. The molecule has 0 radical (unpaired) electrons. The minimum atomic E-state index is -0.700. The summed E-state index contributed by atoms with van der Waals surface area (Å²) < 4.78 is 0. The van der Waals surface area contributed by atoms with Crippen LogP contribution >= 0.6 is 0 Å². The number of nitrogens with zero attached hydrogens (tertiary/aromatic N) is 2. The molecule has 1 aromatic heterocycles. The third kappa shape index (κ3) is 4.84. The van der Waals surface area contributed by atoms with Gasteiger partial charge in [0.1, 0.15) is 11.9 Å². The molecule has 4 N–H and O–H groups in total. The van der Waals surface area contributed by atoms with Crippen LogP contribution < -0.4 is 21.3 Å². The van der Waals surface area contributed by atoms with Gasteiger partial charge in [-0.25, -0.2) is 9.78 Å².